The number of nitrogen functional groups attached to an aromatic ring is 1. The monoisotopic (exact) mass is 245 g/mol. The number of carbonyl (C=O) groups is 1. The second-order valence-corrected chi connectivity index (χ2v) is 3.81. The Morgan fingerprint density at radius 1 is 1.17 bits per heavy atom. The molecule has 0 spiro atoms. The van der Waals surface area contributed by atoms with E-state index in [-0.39, 0.29) is 5.56 Å². The van der Waals surface area contributed by atoms with Gasteiger partial charge in [0.2, 0.25) is 0 Å². The van der Waals surface area contributed by atoms with Crippen LogP contribution in [0.25, 0.3) is 11.1 Å². The average molecular weight is 245 g/mol. The molecule has 0 amide bonds. The van der Waals surface area contributed by atoms with Crippen molar-refractivity contribution < 1.29 is 13.9 Å². The average Bonchev–Trinajstić information content (AvgIpc) is 2.38. The first-order valence-corrected chi connectivity index (χ1v) is 5.35. The van der Waals surface area contributed by atoms with Crippen molar-refractivity contribution in [2.45, 2.75) is 0 Å². The van der Waals surface area contributed by atoms with E-state index in [2.05, 4.69) is 4.74 Å². The van der Waals surface area contributed by atoms with Gasteiger partial charge in [0.15, 0.2) is 0 Å². The Hall–Kier alpha value is -2.36. The highest BCUT2D eigenvalue weighted by atomic mass is 19.1. The van der Waals surface area contributed by atoms with E-state index in [0.29, 0.717) is 11.3 Å². The Kier molecular flexibility index (Phi) is 3.28. The maximum Gasteiger partial charge on any atom is 0.340 e. The summed E-state index contributed by atoms with van der Waals surface area (Å²) >= 11 is 0. The van der Waals surface area contributed by atoms with Crippen molar-refractivity contribution in [3.05, 3.63) is 53.8 Å². The third-order valence-corrected chi connectivity index (χ3v) is 2.59. The number of hydrogen-bond donors (Lipinski definition) is 1. The van der Waals surface area contributed by atoms with Gasteiger partial charge in [0.05, 0.1) is 12.7 Å². The van der Waals surface area contributed by atoms with E-state index < -0.39 is 11.8 Å². The van der Waals surface area contributed by atoms with Gasteiger partial charge in [-0.15, -0.1) is 0 Å². The third kappa shape index (κ3) is 2.32. The first-order valence-electron chi connectivity index (χ1n) is 5.35. The van der Waals surface area contributed by atoms with Crippen LogP contribution in [0.3, 0.4) is 0 Å². The lowest BCUT2D eigenvalue weighted by Crippen LogP contribution is -2.04. The van der Waals surface area contributed by atoms with Crippen molar-refractivity contribution in [3.8, 4) is 11.1 Å². The quantitative estimate of drug-likeness (QED) is 0.653. The molecule has 0 unspecified atom stereocenters. The Balaban J connectivity index is 2.50. The topological polar surface area (TPSA) is 52.3 Å². The van der Waals surface area contributed by atoms with Crippen molar-refractivity contribution >= 4 is 11.7 Å². The van der Waals surface area contributed by atoms with Gasteiger partial charge in [0.1, 0.15) is 5.82 Å². The van der Waals surface area contributed by atoms with Crippen LogP contribution in [0.5, 0.6) is 0 Å². The fraction of sp³-hybridized carbons (Fsp3) is 0.0714. The van der Waals surface area contributed by atoms with Gasteiger partial charge in [0, 0.05) is 5.69 Å². The van der Waals surface area contributed by atoms with Gasteiger partial charge in [0.25, 0.3) is 0 Å². The van der Waals surface area contributed by atoms with Crippen LogP contribution < -0.4 is 5.73 Å². The molecule has 0 saturated heterocycles. The SMILES string of the molecule is COC(=O)c1cc(-c2cccc(N)c2)ccc1F. The summed E-state index contributed by atoms with van der Waals surface area (Å²) < 4.78 is 18.0. The molecule has 0 aliphatic heterocycles. The second-order valence-electron chi connectivity index (χ2n) is 3.81. The number of nitrogens with two attached hydrogens (primary N) is 1. The molecular weight excluding hydrogens is 233 g/mol. The van der Waals surface area contributed by atoms with Crippen LogP contribution in [-0.4, -0.2) is 13.1 Å². The highest BCUT2D eigenvalue weighted by Crippen LogP contribution is 2.24. The van der Waals surface area contributed by atoms with Gasteiger partial charge in [-0.25, -0.2) is 9.18 Å². The molecule has 0 aliphatic rings. The van der Waals surface area contributed by atoms with Gasteiger partial charge in [-0.1, -0.05) is 18.2 Å². The first-order chi connectivity index (χ1) is 8.61. The largest absolute Gasteiger partial charge is 0.465 e. The summed E-state index contributed by atoms with van der Waals surface area (Å²) in [6.45, 7) is 0. The molecule has 18 heavy (non-hydrogen) atoms. The Bertz CT molecular complexity index is 596. The summed E-state index contributed by atoms with van der Waals surface area (Å²) in [6, 6.07) is 11.4. The number of hydrogen-bond acceptors (Lipinski definition) is 3. The van der Waals surface area contributed by atoms with Gasteiger partial charge < -0.3 is 10.5 Å². The van der Waals surface area contributed by atoms with Crippen molar-refractivity contribution in [2.75, 3.05) is 12.8 Å². The lowest BCUT2D eigenvalue weighted by atomic mass is 10.0. The molecule has 2 rings (SSSR count). The number of anilines is 1. The lowest BCUT2D eigenvalue weighted by Gasteiger charge is -2.06. The fourth-order valence-electron chi connectivity index (χ4n) is 1.69. The summed E-state index contributed by atoms with van der Waals surface area (Å²) in [5.74, 6) is -1.30. The van der Waals surface area contributed by atoms with Crippen molar-refractivity contribution in [3.63, 3.8) is 0 Å². The smallest absolute Gasteiger partial charge is 0.340 e. The predicted molar refractivity (Wildman–Crippen MR) is 67.6 cm³/mol. The predicted octanol–water partition coefficient (Wildman–Crippen LogP) is 2.86. The third-order valence-electron chi connectivity index (χ3n) is 2.59. The number of esters is 1. The minimum atomic E-state index is -0.696. The molecule has 2 aromatic rings. The summed E-state index contributed by atoms with van der Waals surface area (Å²) in [5.41, 5.74) is 7.74. The summed E-state index contributed by atoms with van der Waals surface area (Å²) in [6.07, 6.45) is 0. The zero-order valence-corrected chi connectivity index (χ0v) is 9.81. The van der Waals surface area contributed by atoms with Crippen LogP contribution >= 0.6 is 0 Å². The van der Waals surface area contributed by atoms with Crippen molar-refractivity contribution in [1.82, 2.24) is 0 Å². The molecule has 92 valence electrons. The van der Waals surface area contributed by atoms with Gasteiger partial charge in [-0.3, -0.25) is 0 Å². The molecule has 0 aromatic heterocycles. The van der Waals surface area contributed by atoms with Crippen molar-refractivity contribution in [1.29, 1.82) is 0 Å². The van der Waals surface area contributed by atoms with Gasteiger partial charge in [-0.2, -0.15) is 0 Å². The molecule has 2 N–H and O–H groups in total. The normalized spacial score (nSPS) is 10.1. The second kappa shape index (κ2) is 4.87. The molecule has 2 aromatic carbocycles. The summed E-state index contributed by atoms with van der Waals surface area (Å²) in [7, 11) is 1.22. The summed E-state index contributed by atoms with van der Waals surface area (Å²) in [4.78, 5) is 11.4. The Morgan fingerprint density at radius 3 is 2.56 bits per heavy atom. The van der Waals surface area contributed by atoms with Crippen LogP contribution in [0.2, 0.25) is 0 Å². The molecule has 0 saturated carbocycles. The zero-order chi connectivity index (χ0) is 13.1. The van der Waals surface area contributed by atoms with E-state index in [9.17, 15) is 9.18 Å². The maximum absolute atomic E-state index is 13.5. The van der Waals surface area contributed by atoms with E-state index in [0.717, 1.165) is 5.56 Å². The van der Waals surface area contributed by atoms with E-state index in [1.165, 1.54) is 19.2 Å². The van der Waals surface area contributed by atoms with Crippen molar-refractivity contribution in [2.24, 2.45) is 0 Å². The van der Waals surface area contributed by atoms with Crippen LogP contribution in [0, 0.1) is 5.82 Å². The fourth-order valence-corrected chi connectivity index (χ4v) is 1.69. The molecule has 0 fully saturated rings. The minimum absolute atomic E-state index is 0.0857. The minimum Gasteiger partial charge on any atom is -0.465 e. The Morgan fingerprint density at radius 2 is 1.89 bits per heavy atom. The molecule has 0 radical (unpaired) electrons. The highest BCUT2D eigenvalue weighted by Gasteiger charge is 2.13. The maximum atomic E-state index is 13.5. The number of benzene rings is 2. The van der Waals surface area contributed by atoms with Gasteiger partial charge >= 0.3 is 5.97 Å². The standard InChI is InChI=1S/C14H12FNO2/c1-18-14(17)12-8-10(5-6-13(12)15)9-3-2-4-11(16)7-9/h2-8H,16H2,1H3. The molecule has 0 bridgehead atoms. The molecule has 4 heteroatoms. The van der Waals surface area contributed by atoms with Crippen LogP contribution in [0.15, 0.2) is 42.5 Å². The van der Waals surface area contributed by atoms with Crippen LogP contribution in [0.1, 0.15) is 10.4 Å². The van der Waals surface area contributed by atoms with E-state index in [4.69, 9.17) is 5.73 Å². The number of rotatable bonds is 2. The van der Waals surface area contributed by atoms with E-state index >= 15 is 0 Å². The first kappa shape index (κ1) is 12.1. The number of ether oxygens (including phenoxy) is 1. The molecule has 0 aliphatic carbocycles. The summed E-state index contributed by atoms with van der Waals surface area (Å²) in [5, 5.41) is 0. The lowest BCUT2D eigenvalue weighted by molar-refractivity contribution is 0.0595. The van der Waals surface area contributed by atoms with Crippen LogP contribution in [-0.2, 0) is 4.74 Å². The van der Waals surface area contributed by atoms with Crippen LogP contribution in [0.4, 0.5) is 10.1 Å². The Labute approximate surface area is 104 Å². The number of halogens is 1. The number of carbonyl (C=O) groups excluding carboxylic acids is 1. The van der Waals surface area contributed by atoms with E-state index in [1.54, 1.807) is 24.3 Å². The molecular formula is C14H12FNO2. The number of methoxy groups -OCH3 is 1. The molecule has 0 atom stereocenters. The van der Waals surface area contributed by atoms with E-state index in [1.807, 2.05) is 6.07 Å². The van der Waals surface area contributed by atoms with Gasteiger partial charge in [-0.05, 0) is 35.4 Å². The molecule has 3 nitrogen and oxygen atoms in total. The zero-order valence-electron chi connectivity index (χ0n) is 9.81. The molecule has 0 heterocycles. The highest BCUT2D eigenvalue weighted by molar-refractivity contribution is 5.91.